The Hall–Kier alpha value is -0.930. The third kappa shape index (κ3) is 3.53. The van der Waals surface area contributed by atoms with E-state index in [1.807, 2.05) is 4.72 Å². The van der Waals surface area contributed by atoms with E-state index in [9.17, 15) is 25.6 Å². The third-order valence-corrected chi connectivity index (χ3v) is 4.93. The van der Waals surface area contributed by atoms with Gasteiger partial charge in [0.05, 0.1) is 4.90 Å². The first-order valence-electron chi connectivity index (χ1n) is 4.37. The molecule has 0 aliphatic carbocycles. The summed E-state index contributed by atoms with van der Waals surface area (Å²) < 4.78 is 70.8. The number of hydrogen-bond donors (Lipinski definition) is 1. The summed E-state index contributed by atoms with van der Waals surface area (Å²) in [5.74, 6) is -3.53. The lowest BCUT2D eigenvalue weighted by molar-refractivity contribution is 0.234. The molecule has 5 nitrogen and oxygen atoms in total. The number of rotatable bonds is 5. The summed E-state index contributed by atoms with van der Waals surface area (Å²) in [5.41, 5.74) is 0.0314. The van der Waals surface area contributed by atoms with E-state index in [-0.39, 0.29) is 5.69 Å². The van der Waals surface area contributed by atoms with Gasteiger partial charge in [-0.2, -0.15) is 8.78 Å². The average Bonchev–Trinajstić information content (AvgIpc) is 2.29. The number of benzene rings is 1. The molecule has 0 saturated carbocycles. The van der Waals surface area contributed by atoms with E-state index in [2.05, 4.69) is 0 Å². The van der Waals surface area contributed by atoms with Crippen LogP contribution >= 0.6 is 11.6 Å². The molecule has 0 radical (unpaired) electrons. The molecule has 10 heteroatoms. The van der Waals surface area contributed by atoms with Crippen LogP contribution in [-0.4, -0.2) is 27.8 Å². The Bertz CT molecular complexity index is 613. The maximum atomic E-state index is 12.2. The van der Waals surface area contributed by atoms with Gasteiger partial charge in [-0.05, 0) is 24.3 Å². The van der Waals surface area contributed by atoms with Crippen LogP contribution in [0, 0.1) is 0 Å². The fourth-order valence-corrected chi connectivity index (χ4v) is 2.46. The zero-order chi connectivity index (χ0) is 14.0. The van der Waals surface area contributed by atoms with Crippen molar-refractivity contribution >= 4 is 37.1 Å². The van der Waals surface area contributed by atoms with Gasteiger partial charge in [0, 0.05) is 5.69 Å². The SMILES string of the molecule is O=S(=O)(CCl)Nc1ccc(S(=O)(=O)C(F)F)cc1. The molecule has 0 amide bonds. The normalized spacial score (nSPS) is 12.7. The van der Waals surface area contributed by atoms with Crippen LogP contribution in [0.5, 0.6) is 0 Å². The van der Waals surface area contributed by atoms with E-state index >= 15 is 0 Å². The van der Waals surface area contributed by atoms with Gasteiger partial charge >= 0.3 is 5.76 Å². The molecule has 1 aromatic rings. The van der Waals surface area contributed by atoms with Gasteiger partial charge < -0.3 is 0 Å². The van der Waals surface area contributed by atoms with Crippen LogP contribution in [0.3, 0.4) is 0 Å². The van der Waals surface area contributed by atoms with Crippen LogP contribution in [0.2, 0.25) is 0 Å². The maximum Gasteiger partial charge on any atom is 0.341 e. The van der Waals surface area contributed by atoms with Crippen LogP contribution in [-0.2, 0) is 19.9 Å². The van der Waals surface area contributed by atoms with E-state index in [4.69, 9.17) is 11.6 Å². The fourth-order valence-electron chi connectivity index (χ4n) is 1.02. The van der Waals surface area contributed by atoms with Crippen molar-refractivity contribution < 1.29 is 25.6 Å². The highest BCUT2D eigenvalue weighted by Crippen LogP contribution is 2.20. The van der Waals surface area contributed by atoms with Crippen molar-refractivity contribution in [1.82, 2.24) is 0 Å². The average molecular weight is 320 g/mol. The van der Waals surface area contributed by atoms with E-state index in [1.165, 1.54) is 0 Å². The lowest BCUT2D eigenvalue weighted by Gasteiger charge is -2.06. The van der Waals surface area contributed by atoms with Gasteiger partial charge in [-0.1, -0.05) is 0 Å². The first-order chi connectivity index (χ1) is 8.19. The molecule has 0 spiro atoms. The molecule has 0 fully saturated rings. The van der Waals surface area contributed by atoms with Gasteiger partial charge in [-0.15, -0.1) is 11.6 Å². The summed E-state index contributed by atoms with van der Waals surface area (Å²) in [5, 5.41) is -0.677. The molecule has 0 saturated heterocycles. The largest absolute Gasteiger partial charge is 0.341 e. The molecule has 1 N–H and O–H groups in total. The topological polar surface area (TPSA) is 80.3 Å². The maximum absolute atomic E-state index is 12.2. The van der Waals surface area contributed by atoms with Gasteiger partial charge in [-0.25, -0.2) is 16.8 Å². The van der Waals surface area contributed by atoms with E-state index in [0.29, 0.717) is 0 Å². The fraction of sp³-hybridized carbons (Fsp3) is 0.250. The van der Waals surface area contributed by atoms with Gasteiger partial charge in [0.1, 0.15) is 5.21 Å². The second kappa shape index (κ2) is 5.37. The van der Waals surface area contributed by atoms with Crippen molar-refractivity contribution in [1.29, 1.82) is 0 Å². The van der Waals surface area contributed by atoms with Crippen LogP contribution in [0.15, 0.2) is 29.2 Å². The van der Waals surface area contributed by atoms with Gasteiger partial charge in [0.15, 0.2) is 0 Å². The number of sulfone groups is 1. The summed E-state index contributed by atoms with van der Waals surface area (Å²) in [6.07, 6.45) is 0. The predicted molar refractivity (Wildman–Crippen MR) is 62.9 cm³/mol. The van der Waals surface area contributed by atoms with Gasteiger partial charge in [-0.3, -0.25) is 4.72 Å². The van der Waals surface area contributed by atoms with Crippen LogP contribution in [0.4, 0.5) is 14.5 Å². The summed E-state index contributed by atoms with van der Waals surface area (Å²) in [6, 6.07) is 3.87. The van der Waals surface area contributed by atoms with Gasteiger partial charge in [0.25, 0.3) is 0 Å². The summed E-state index contributed by atoms with van der Waals surface area (Å²) in [4.78, 5) is -0.591. The summed E-state index contributed by atoms with van der Waals surface area (Å²) >= 11 is 5.14. The molecule has 0 heterocycles. The molecule has 0 aliphatic rings. The molecule has 0 aromatic heterocycles. The monoisotopic (exact) mass is 319 g/mol. The van der Waals surface area contributed by atoms with Crippen molar-refractivity contribution in [2.75, 3.05) is 9.93 Å². The Morgan fingerprint density at radius 2 is 1.61 bits per heavy atom. The van der Waals surface area contributed by atoms with Crippen molar-refractivity contribution in [3.8, 4) is 0 Å². The van der Waals surface area contributed by atoms with E-state index in [1.54, 1.807) is 0 Å². The zero-order valence-electron chi connectivity index (χ0n) is 8.68. The standard InChI is InChI=1S/C8H8ClF2NO4S2/c9-5-17(13,14)12-6-1-3-7(4-2-6)18(15,16)8(10)11/h1-4,8,12H,5H2. The molecule has 18 heavy (non-hydrogen) atoms. The minimum Gasteiger partial charge on any atom is -0.283 e. The van der Waals surface area contributed by atoms with E-state index in [0.717, 1.165) is 24.3 Å². The number of sulfonamides is 1. The number of nitrogens with one attached hydrogen (secondary N) is 1. The summed E-state index contributed by atoms with van der Waals surface area (Å²) in [7, 11) is -8.40. The Labute approximate surface area is 108 Å². The third-order valence-electron chi connectivity index (χ3n) is 1.83. The van der Waals surface area contributed by atoms with Crippen molar-refractivity contribution in [2.24, 2.45) is 0 Å². The molecule has 0 atom stereocenters. The molecule has 1 aromatic carbocycles. The van der Waals surface area contributed by atoms with Crippen molar-refractivity contribution in [3.63, 3.8) is 0 Å². The second-order valence-electron chi connectivity index (χ2n) is 3.16. The lowest BCUT2D eigenvalue weighted by atomic mass is 10.3. The highest BCUT2D eigenvalue weighted by Gasteiger charge is 2.26. The molecule has 1 rings (SSSR count). The minimum absolute atomic E-state index is 0.0314. The Balaban J connectivity index is 3.02. The van der Waals surface area contributed by atoms with Crippen LogP contribution < -0.4 is 4.72 Å². The first-order valence-corrected chi connectivity index (χ1v) is 8.11. The number of halogens is 3. The molecule has 0 aliphatic heterocycles. The Kier molecular flexibility index (Phi) is 4.51. The molecular weight excluding hydrogens is 312 g/mol. The Morgan fingerprint density at radius 3 is 2.00 bits per heavy atom. The predicted octanol–water partition coefficient (Wildman–Crippen LogP) is 1.62. The number of anilines is 1. The van der Waals surface area contributed by atoms with Crippen LogP contribution in [0.25, 0.3) is 0 Å². The zero-order valence-corrected chi connectivity index (χ0v) is 11.1. The van der Waals surface area contributed by atoms with Gasteiger partial charge in [0.2, 0.25) is 19.9 Å². The van der Waals surface area contributed by atoms with Crippen LogP contribution in [0.1, 0.15) is 0 Å². The highest BCUT2D eigenvalue weighted by atomic mass is 35.5. The second-order valence-corrected chi connectivity index (χ2v) is 7.38. The minimum atomic E-state index is -4.68. The summed E-state index contributed by atoms with van der Waals surface area (Å²) in [6.45, 7) is 0. The highest BCUT2D eigenvalue weighted by molar-refractivity contribution is 7.93. The molecule has 102 valence electrons. The molecular formula is C8H8ClF2NO4S2. The lowest BCUT2D eigenvalue weighted by Crippen LogP contribution is -2.14. The molecule has 0 bridgehead atoms. The van der Waals surface area contributed by atoms with Crippen molar-refractivity contribution in [3.05, 3.63) is 24.3 Å². The smallest absolute Gasteiger partial charge is 0.283 e. The van der Waals surface area contributed by atoms with Crippen molar-refractivity contribution in [2.45, 2.75) is 10.7 Å². The number of alkyl halides is 3. The first kappa shape index (κ1) is 15.1. The Morgan fingerprint density at radius 1 is 1.11 bits per heavy atom. The van der Waals surface area contributed by atoms with E-state index < -0.39 is 35.7 Å². The quantitative estimate of drug-likeness (QED) is 0.836. The molecule has 0 unspecified atom stereocenters. The number of hydrogen-bond acceptors (Lipinski definition) is 4.